The molecule has 0 unspecified atom stereocenters. The van der Waals surface area contributed by atoms with Gasteiger partial charge in [-0.3, -0.25) is 0 Å². The lowest BCUT2D eigenvalue weighted by molar-refractivity contribution is 0.515. The fraction of sp³-hybridized carbons (Fsp3) is 0.312. The Bertz CT molecular complexity index is 682. The largest absolute Gasteiger partial charge is 0.383 e. The first-order valence-electron chi connectivity index (χ1n) is 6.69. The highest BCUT2D eigenvalue weighted by Crippen LogP contribution is 2.38. The van der Waals surface area contributed by atoms with Crippen molar-refractivity contribution in [3.05, 3.63) is 46.7 Å². The van der Waals surface area contributed by atoms with Gasteiger partial charge in [0.15, 0.2) is 0 Å². The van der Waals surface area contributed by atoms with E-state index in [1.807, 2.05) is 16.7 Å². The van der Waals surface area contributed by atoms with Gasteiger partial charge < -0.3 is 10.3 Å². The van der Waals surface area contributed by atoms with E-state index in [0.717, 1.165) is 11.4 Å². The van der Waals surface area contributed by atoms with Crippen molar-refractivity contribution in [2.24, 2.45) is 0 Å². The van der Waals surface area contributed by atoms with Crippen molar-refractivity contribution >= 4 is 29.0 Å². The first-order chi connectivity index (χ1) is 9.77. The number of hydrogen-bond acceptors (Lipinski definition) is 2. The molecule has 0 aliphatic rings. The number of benzene rings is 1. The van der Waals surface area contributed by atoms with Crippen LogP contribution in [-0.2, 0) is 12.0 Å². The number of nitrogens with two attached hydrogens (primary N) is 1. The summed E-state index contributed by atoms with van der Waals surface area (Å²) in [6.07, 6.45) is 1.80. The summed E-state index contributed by atoms with van der Waals surface area (Å²) in [6, 6.07) is 5.46. The second-order valence-corrected chi connectivity index (χ2v) is 6.71. The van der Waals surface area contributed by atoms with Crippen molar-refractivity contribution in [1.82, 2.24) is 9.55 Å². The third kappa shape index (κ3) is 2.94. The van der Waals surface area contributed by atoms with Crippen LogP contribution in [0.3, 0.4) is 0 Å². The number of aromatic nitrogens is 2. The zero-order chi connectivity index (χ0) is 15.8. The van der Waals surface area contributed by atoms with Crippen molar-refractivity contribution in [3.8, 4) is 11.3 Å². The molecular formula is C16H19Cl2N3. The molecule has 112 valence electrons. The van der Waals surface area contributed by atoms with Crippen LogP contribution in [-0.4, -0.2) is 9.55 Å². The Morgan fingerprint density at radius 1 is 1.33 bits per heavy atom. The van der Waals surface area contributed by atoms with E-state index in [9.17, 15) is 0 Å². The lowest BCUT2D eigenvalue weighted by Crippen LogP contribution is -2.19. The third-order valence-electron chi connectivity index (χ3n) is 3.20. The van der Waals surface area contributed by atoms with Gasteiger partial charge in [-0.2, -0.15) is 0 Å². The van der Waals surface area contributed by atoms with E-state index in [-0.39, 0.29) is 5.41 Å². The molecule has 0 spiro atoms. The Hall–Kier alpha value is -1.45. The summed E-state index contributed by atoms with van der Waals surface area (Å²) in [7, 11) is 0. The summed E-state index contributed by atoms with van der Waals surface area (Å²) in [5, 5.41) is 0.957. The van der Waals surface area contributed by atoms with Gasteiger partial charge in [-0.15, -0.1) is 6.58 Å². The van der Waals surface area contributed by atoms with Crippen LogP contribution in [0.4, 0.5) is 5.82 Å². The minimum atomic E-state index is -0.138. The molecule has 0 saturated carbocycles. The fourth-order valence-electron chi connectivity index (χ4n) is 2.24. The molecule has 0 aliphatic carbocycles. The second kappa shape index (κ2) is 5.74. The number of rotatable bonds is 3. The maximum Gasteiger partial charge on any atom is 0.132 e. The Morgan fingerprint density at radius 2 is 2.00 bits per heavy atom. The van der Waals surface area contributed by atoms with E-state index in [2.05, 4.69) is 27.4 Å². The molecule has 3 nitrogen and oxygen atoms in total. The average Bonchev–Trinajstić information content (AvgIpc) is 2.71. The highest BCUT2D eigenvalue weighted by atomic mass is 35.5. The molecule has 21 heavy (non-hydrogen) atoms. The van der Waals surface area contributed by atoms with Crippen LogP contribution in [0, 0.1) is 0 Å². The summed E-state index contributed by atoms with van der Waals surface area (Å²) < 4.78 is 1.96. The SMILES string of the molecule is C=CCn1c(C(C)(C)C)nc(-c2cccc(Cl)c2Cl)c1N. The van der Waals surface area contributed by atoms with Gasteiger partial charge >= 0.3 is 0 Å². The molecule has 1 aromatic carbocycles. The molecule has 2 rings (SSSR count). The predicted octanol–water partition coefficient (Wildman–Crippen LogP) is 4.92. The zero-order valence-corrected chi connectivity index (χ0v) is 14.0. The molecule has 1 aromatic heterocycles. The predicted molar refractivity (Wildman–Crippen MR) is 91.0 cm³/mol. The van der Waals surface area contributed by atoms with E-state index in [4.69, 9.17) is 33.9 Å². The number of hydrogen-bond donors (Lipinski definition) is 1. The van der Waals surface area contributed by atoms with E-state index in [0.29, 0.717) is 28.1 Å². The fourth-order valence-corrected chi connectivity index (χ4v) is 2.63. The van der Waals surface area contributed by atoms with Crippen LogP contribution >= 0.6 is 23.2 Å². The smallest absolute Gasteiger partial charge is 0.132 e. The molecule has 2 aromatic rings. The molecule has 0 radical (unpaired) electrons. The van der Waals surface area contributed by atoms with Crippen molar-refractivity contribution < 1.29 is 0 Å². The maximum atomic E-state index is 6.30. The molecule has 0 amide bonds. The molecule has 5 heteroatoms. The quantitative estimate of drug-likeness (QED) is 0.814. The van der Waals surface area contributed by atoms with Crippen molar-refractivity contribution in [3.63, 3.8) is 0 Å². The standard InChI is InChI=1S/C16H19Cl2N3/c1-5-9-21-14(19)13(20-15(21)16(2,3)4)10-7-6-8-11(17)12(10)18/h5-8H,1,9,19H2,2-4H3. The highest BCUT2D eigenvalue weighted by Gasteiger charge is 2.26. The second-order valence-electron chi connectivity index (χ2n) is 5.92. The summed E-state index contributed by atoms with van der Waals surface area (Å²) in [4.78, 5) is 4.72. The van der Waals surface area contributed by atoms with Crippen LogP contribution in [0.2, 0.25) is 10.0 Å². The molecule has 0 saturated heterocycles. The summed E-state index contributed by atoms with van der Waals surface area (Å²) in [6.45, 7) is 10.7. The Balaban J connectivity index is 2.71. The van der Waals surface area contributed by atoms with Crippen LogP contribution in [0.5, 0.6) is 0 Å². The monoisotopic (exact) mass is 323 g/mol. The van der Waals surface area contributed by atoms with Gasteiger partial charge in [0.2, 0.25) is 0 Å². The van der Waals surface area contributed by atoms with Gasteiger partial charge in [-0.1, -0.05) is 62.2 Å². The maximum absolute atomic E-state index is 6.30. The zero-order valence-electron chi connectivity index (χ0n) is 12.5. The first-order valence-corrected chi connectivity index (χ1v) is 7.44. The lowest BCUT2D eigenvalue weighted by Gasteiger charge is -2.19. The minimum absolute atomic E-state index is 0.138. The van der Waals surface area contributed by atoms with E-state index < -0.39 is 0 Å². The molecule has 0 bridgehead atoms. The van der Waals surface area contributed by atoms with Gasteiger partial charge in [-0.25, -0.2) is 4.98 Å². The van der Waals surface area contributed by atoms with Crippen LogP contribution in [0.1, 0.15) is 26.6 Å². The summed E-state index contributed by atoms with van der Waals surface area (Å²) in [5.74, 6) is 1.47. The topological polar surface area (TPSA) is 43.8 Å². The summed E-state index contributed by atoms with van der Waals surface area (Å²) in [5.41, 5.74) is 7.56. The summed E-state index contributed by atoms with van der Waals surface area (Å²) >= 11 is 12.4. The average molecular weight is 324 g/mol. The number of halogens is 2. The Kier molecular flexibility index (Phi) is 4.35. The van der Waals surface area contributed by atoms with Gasteiger partial charge in [0.1, 0.15) is 17.3 Å². The number of nitrogens with zero attached hydrogens (tertiary/aromatic N) is 2. The van der Waals surface area contributed by atoms with Crippen molar-refractivity contribution in [2.75, 3.05) is 5.73 Å². The van der Waals surface area contributed by atoms with E-state index in [1.165, 1.54) is 0 Å². The molecule has 0 atom stereocenters. The number of allylic oxidation sites excluding steroid dienone is 1. The van der Waals surface area contributed by atoms with Crippen LogP contribution in [0.15, 0.2) is 30.9 Å². The molecule has 1 heterocycles. The van der Waals surface area contributed by atoms with E-state index >= 15 is 0 Å². The van der Waals surface area contributed by atoms with E-state index in [1.54, 1.807) is 12.1 Å². The highest BCUT2D eigenvalue weighted by molar-refractivity contribution is 6.43. The van der Waals surface area contributed by atoms with Crippen molar-refractivity contribution in [1.29, 1.82) is 0 Å². The van der Waals surface area contributed by atoms with Crippen molar-refractivity contribution in [2.45, 2.75) is 32.7 Å². The Morgan fingerprint density at radius 3 is 2.57 bits per heavy atom. The third-order valence-corrected chi connectivity index (χ3v) is 4.01. The number of imidazole rings is 1. The molecule has 2 N–H and O–H groups in total. The van der Waals surface area contributed by atoms with Gasteiger partial charge in [0.05, 0.1) is 10.0 Å². The molecule has 0 fully saturated rings. The molecular weight excluding hydrogens is 305 g/mol. The van der Waals surface area contributed by atoms with Gasteiger partial charge in [0.25, 0.3) is 0 Å². The normalized spacial score (nSPS) is 11.7. The molecule has 0 aliphatic heterocycles. The number of nitrogen functional groups attached to an aromatic ring is 1. The number of anilines is 1. The van der Waals surface area contributed by atoms with Crippen LogP contribution in [0.25, 0.3) is 11.3 Å². The van der Waals surface area contributed by atoms with Crippen LogP contribution < -0.4 is 5.73 Å². The lowest BCUT2D eigenvalue weighted by atomic mass is 9.95. The van der Waals surface area contributed by atoms with Gasteiger partial charge in [-0.05, 0) is 6.07 Å². The Labute approximate surface area is 135 Å². The first kappa shape index (κ1) is 15.9. The van der Waals surface area contributed by atoms with Gasteiger partial charge in [0, 0.05) is 17.5 Å². The minimum Gasteiger partial charge on any atom is -0.383 e.